The Morgan fingerprint density at radius 3 is 2.31 bits per heavy atom. The van der Waals surface area contributed by atoms with Gasteiger partial charge < -0.3 is 9.47 Å². The van der Waals surface area contributed by atoms with Gasteiger partial charge in [0.25, 0.3) is 5.91 Å². The van der Waals surface area contributed by atoms with Gasteiger partial charge >= 0.3 is 0 Å². The Morgan fingerprint density at radius 2 is 1.69 bits per heavy atom. The van der Waals surface area contributed by atoms with E-state index in [0.717, 1.165) is 36.2 Å². The Labute approximate surface area is 219 Å². The van der Waals surface area contributed by atoms with Gasteiger partial charge in [0.2, 0.25) is 0 Å². The van der Waals surface area contributed by atoms with Gasteiger partial charge in [-0.25, -0.2) is 5.43 Å². The molecule has 3 rings (SSSR count). The van der Waals surface area contributed by atoms with Crippen LogP contribution in [0.5, 0.6) is 11.5 Å². The molecule has 3 aromatic carbocycles. The van der Waals surface area contributed by atoms with E-state index >= 15 is 0 Å². The third kappa shape index (κ3) is 7.35. The van der Waals surface area contributed by atoms with Crippen molar-refractivity contribution >= 4 is 68.9 Å². The summed E-state index contributed by atoms with van der Waals surface area (Å²) in [5.41, 5.74) is 4.98. The lowest BCUT2D eigenvalue weighted by molar-refractivity contribution is 0.0955. The van der Waals surface area contributed by atoms with Crippen molar-refractivity contribution in [2.75, 3.05) is 6.61 Å². The largest absolute Gasteiger partial charge is 0.494 e. The van der Waals surface area contributed by atoms with Crippen molar-refractivity contribution in [1.29, 1.82) is 0 Å². The third-order valence-electron chi connectivity index (χ3n) is 4.29. The predicted octanol–water partition coefficient (Wildman–Crippen LogP) is 6.68. The number of hydrogen-bond donors (Lipinski definition) is 1. The molecule has 32 heavy (non-hydrogen) atoms. The van der Waals surface area contributed by atoms with Crippen LogP contribution in [0.4, 0.5) is 0 Å². The van der Waals surface area contributed by atoms with E-state index in [9.17, 15) is 4.79 Å². The second kappa shape index (κ2) is 12.4. The number of nitrogens with one attached hydrogen (secondary N) is 1. The summed E-state index contributed by atoms with van der Waals surface area (Å²) in [6.45, 7) is 3.15. The van der Waals surface area contributed by atoms with Gasteiger partial charge in [0, 0.05) is 10.6 Å². The number of amides is 1. The fraction of sp³-hybridized carbons (Fsp3) is 0.167. The molecular formula is C24H21ClI2N2O3. The third-order valence-corrected chi connectivity index (χ3v) is 6.14. The quantitative estimate of drug-likeness (QED) is 0.157. The first kappa shape index (κ1) is 24.8. The normalized spacial score (nSPS) is 10.9. The highest BCUT2D eigenvalue weighted by Crippen LogP contribution is 2.29. The number of carbonyl (C=O) groups excluding carboxylic acids is 1. The molecule has 166 valence electrons. The summed E-state index contributed by atoms with van der Waals surface area (Å²) in [6.07, 6.45) is 2.55. The van der Waals surface area contributed by atoms with Gasteiger partial charge in [-0.1, -0.05) is 30.7 Å². The zero-order chi connectivity index (χ0) is 22.9. The monoisotopic (exact) mass is 674 g/mol. The number of hydrazone groups is 1. The minimum Gasteiger partial charge on any atom is -0.494 e. The molecule has 0 saturated heterocycles. The number of ether oxygens (including phenoxy) is 2. The molecule has 0 aromatic heterocycles. The van der Waals surface area contributed by atoms with E-state index in [2.05, 4.69) is 55.7 Å². The van der Waals surface area contributed by atoms with E-state index in [1.165, 1.54) is 0 Å². The van der Waals surface area contributed by atoms with Crippen LogP contribution in [0.3, 0.4) is 0 Å². The molecular weight excluding hydrogens is 654 g/mol. The summed E-state index contributed by atoms with van der Waals surface area (Å²) in [5.74, 6) is 1.28. The number of halogens is 3. The highest BCUT2D eigenvalue weighted by Gasteiger charge is 2.09. The van der Waals surface area contributed by atoms with E-state index in [1.54, 1.807) is 30.5 Å². The SMILES string of the molecule is CCCOc1ccc(C(=O)N/N=C/c2cc(I)c(OCc3ccc(Cl)cc3)c(I)c2)cc1. The van der Waals surface area contributed by atoms with E-state index in [1.807, 2.05) is 43.3 Å². The first-order chi connectivity index (χ1) is 15.5. The molecule has 0 heterocycles. The molecule has 0 saturated carbocycles. The molecule has 0 bridgehead atoms. The Kier molecular flexibility index (Phi) is 9.61. The van der Waals surface area contributed by atoms with Crippen molar-refractivity contribution in [3.05, 3.63) is 89.5 Å². The number of hydrogen-bond acceptors (Lipinski definition) is 4. The van der Waals surface area contributed by atoms with E-state index in [4.69, 9.17) is 21.1 Å². The number of carbonyl (C=O) groups is 1. The molecule has 8 heteroatoms. The van der Waals surface area contributed by atoms with Gasteiger partial charge in [-0.15, -0.1) is 0 Å². The number of rotatable bonds is 9. The fourth-order valence-corrected chi connectivity index (χ4v) is 4.93. The van der Waals surface area contributed by atoms with Crippen molar-refractivity contribution in [3.63, 3.8) is 0 Å². The Balaban J connectivity index is 1.58. The molecule has 0 aliphatic heterocycles. The van der Waals surface area contributed by atoms with Crippen LogP contribution in [0.25, 0.3) is 0 Å². The molecule has 0 aliphatic rings. The van der Waals surface area contributed by atoms with E-state index < -0.39 is 0 Å². The lowest BCUT2D eigenvalue weighted by Crippen LogP contribution is -2.17. The van der Waals surface area contributed by atoms with Crippen LogP contribution < -0.4 is 14.9 Å². The second-order valence-electron chi connectivity index (χ2n) is 6.80. The first-order valence-electron chi connectivity index (χ1n) is 9.89. The van der Waals surface area contributed by atoms with Crippen LogP contribution in [0.15, 0.2) is 65.8 Å². The van der Waals surface area contributed by atoms with Gasteiger partial charge in [-0.05, 0) is 111 Å². The number of nitrogens with zero attached hydrogens (tertiary/aromatic N) is 1. The Bertz CT molecular complexity index is 1060. The van der Waals surface area contributed by atoms with Crippen LogP contribution in [0.1, 0.15) is 34.8 Å². The van der Waals surface area contributed by atoms with Gasteiger partial charge in [0.05, 0.1) is 20.0 Å². The maximum Gasteiger partial charge on any atom is 0.271 e. The maximum atomic E-state index is 12.3. The van der Waals surface area contributed by atoms with Crippen LogP contribution in [-0.2, 0) is 6.61 Å². The summed E-state index contributed by atoms with van der Waals surface area (Å²) in [7, 11) is 0. The molecule has 3 aromatic rings. The Hall–Kier alpha value is -1.85. The number of benzene rings is 3. The first-order valence-corrected chi connectivity index (χ1v) is 12.4. The standard InChI is InChI=1S/C24H21ClI2N2O3/c1-2-11-31-20-9-5-18(6-10-20)24(30)29-28-14-17-12-21(26)23(22(27)13-17)32-15-16-3-7-19(25)8-4-16/h3-10,12-14H,2,11,15H2,1H3,(H,29,30)/b28-14+. The summed E-state index contributed by atoms with van der Waals surface area (Å²) in [6, 6.07) is 18.5. The molecule has 1 N–H and O–H groups in total. The highest BCUT2D eigenvalue weighted by atomic mass is 127. The molecule has 0 radical (unpaired) electrons. The Morgan fingerprint density at radius 1 is 1.03 bits per heavy atom. The highest BCUT2D eigenvalue weighted by molar-refractivity contribution is 14.1. The fourth-order valence-electron chi connectivity index (χ4n) is 2.68. The van der Waals surface area contributed by atoms with Gasteiger partial charge in [0.1, 0.15) is 18.1 Å². The lowest BCUT2D eigenvalue weighted by atomic mass is 10.2. The van der Waals surface area contributed by atoms with Crippen LogP contribution in [-0.4, -0.2) is 18.7 Å². The van der Waals surface area contributed by atoms with Crippen LogP contribution in [0, 0.1) is 7.14 Å². The van der Waals surface area contributed by atoms with Gasteiger partial charge in [0.15, 0.2) is 0 Å². The molecule has 0 aliphatic carbocycles. The smallest absolute Gasteiger partial charge is 0.271 e. The molecule has 5 nitrogen and oxygen atoms in total. The van der Waals surface area contributed by atoms with Crippen LogP contribution >= 0.6 is 56.8 Å². The topological polar surface area (TPSA) is 59.9 Å². The maximum absolute atomic E-state index is 12.3. The molecule has 0 unspecified atom stereocenters. The molecule has 0 atom stereocenters. The van der Waals surface area contributed by atoms with Crippen molar-refractivity contribution < 1.29 is 14.3 Å². The van der Waals surface area contributed by atoms with Gasteiger partial charge in [-0.2, -0.15) is 5.10 Å². The van der Waals surface area contributed by atoms with Crippen molar-refractivity contribution in [3.8, 4) is 11.5 Å². The molecule has 0 spiro atoms. The van der Waals surface area contributed by atoms with Crippen LogP contribution in [0.2, 0.25) is 5.02 Å². The molecule has 0 fully saturated rings. The van der Waals surface area contributed by atoms with Crippen molar-refractivity contribution in [2.45, 2.75) is 20.0 Å². The molecule has 1 amide bonds. The van der Waals surface area contributed by atoms with Crippen molar-refractivity contribution in [2.24, 2.45) is 5.10 Å². The average molecular weight is 675 g/mol. The van der Waals surface area contributed by atoms with Crippen molar-refractivity contribution in [1.82, 2.24) is 5.43 Å². The zero-order valence-electron chi connectivity index (χ0n) is 17.3. The lowest BCUT2D eigenvalue weighted by Gasteiger charge is -2.11. The van der Waals surface area contributed by atoms with E-state index in [-0.39, 0.29) is 5.91 Å². The minimum atomic E-state index is -0.282. The van der Waals surface area contributed by atoms with Gasteiger partial charge in [-0.3, -0.25) is 4.79 Å². The average Bonchev–Trinajstić information content (AvgIpc) is 2.78. The second-order valence-corrected chi connectivity index (χ2v) is 9.56. The summed E-state index contributed by atoms with van der Waals surface area (Å²) in [5, 5.41) is 4.79. The minimum absolute atomic E-state index is 0.282. The zero-order valence-corrected chi connectivity index (χ0v) is 22.3. The van der Waals surface area contributed by atoms with E-state index in [0.29, 0.717) is 23.8 Å². The predicted molar refractivity (Wildman–Crippen MR) is 145 cm³/mol. The summed E-state index contributed by atoms with van der Waals surface area (Å²) < 4.78 is 13.4. The summed E-state index contributed by atoms with van der Waals surface area (Å²) in [4.78, 5) is 12.3. The summed E-state index contributed by atoms with van der Waals surface area (Å²) >= 11 is 10.4.